The van der Waals surface area contributed by atoms with Crippen LogP contribution in [0.3, 0.4) is 0 Å². The van der Waals surface area contributed by atoms with E-state index in [0.29, 0.717) is 23.3 Å². The lowest BCUT2D eigenvalue weighted by Crippen LogP contribution is -2.39. The predicted octanol–water partition coefficient (Wildman–Crippen LogP) is 3.44. The van der Waals surface area contributed by atoms with Crippen molar-refractivity contribution in [2.75, 3.05) is 11.4 Å². The number of nitrogens with one attached hydrogen (secondary N) is 1. The summed E-state index contributed by atoms with van der Waals surface area (Å²) in [5.74, 6) is -0.00155. The Labute approximate surface area is 140 Å². The van der Waals surface area contributed by atoms with Crippen LogP contribution in [0.15, 0.2) is 0 Å². The zero-order chi connectivity index (χ0) is 16.3. The molecule has 1 saturated heterocycles. The minimum atomic E-state index is -0.0936. The zero-order valence-corrected chi connectivity index (χ0v) is 14.7. The van der Waals surface area contributed by atoms with E-state index in [1.165, 1.54) is 11.3 Å². The first-order valence-electron chi connectivity index (χ1n) is 7.44. The van der Waals surface area contributed by atoms with Gasteiger partial charge in [0.1, 0.15) is 5.15 Å². The summed E-state index contributed by atoms with van der Waals surface area (Å²) in [5.41, 5.74) is -0.0936. The molecule has 1 aliphatic rings. The van der Waals surface area contributed by atoms with E-state index in [9.17, 15) is 4.79 Å². The number of nitrogens with zero attached hydrogens (tertiary/aromatic N) is 3. The Morgan fingerprint density at radius 2 is 2.18 bits per heavy atom. The van der Waals surface area contributed by atoms with E-state index in [1.54, 1.807) is 4.90 Å². The van der Waals surface area contributed by atoms with Crippen molar-refractivity contribution in [1.82, 2.24) is 10.3 Å². The van der Waals surface area contributed by atoms with Crippen molar-refractivity contribution in [3.05, 3.63) is 10.0 Å². The van der Waals surface area contributed by atoms with E-state index in [4.69, 9.17) is 16.9 Å². The molecule has 120 valence electrons. The zero-order valence-electron chi connectivity index (χ0n) is 13.1. The van der Waals surface area contributed by atoms with Gasteiger partial charge in [-0.25, -0.2) is 4.98 Å². The van der Waals surface area contributed by atoms with E-state index in [1.807, 2.05) is 6.19 Å². The molecule has 1 amide bonds. The van der Waals surface area contributed by atoms with E-state index >= 15 is 0 Å². The Balaban J connectivity index is 2.23. The molecule has 0 unspecified atom stereocenters. The van der Waals surface area contributed by atoms with Crippen molar-refractivity contribution in [1.29, 1.82) is 5.26 Å². The van der Waals surface area contributed by atoms with Crippen LogP contribution in [0.5, 0.6) is 0 Å². The number of halogens is 1. The molecule has 1 aliphatic heterocycles. The number of aromatic nitrogens is 1. The van der Waals surface area contributed by atoms with Gasteiger partial charge in [-0.05, 0) is 24.7 Å². The first kappa shape index (κ1) is 17.0. The molecule has 0 bridgehead atoms. The molecule has 2 heterocycles. The maximum Gasteiger partial charge on any atom is 0.230 e. The van der Waals surface area contributed by atoms with Crippen LogP contribution in [0.4, 0.5) is 5.13 Å². The molecule has 1 atom stereocenters. The van der Waals surface area contributed by atoms with Crippen LogP contribution < -0.4 is 10.2 Å². The summed E-state index contributed by atoms with van der Waals surface area (Å²) in [6.07, 6.45) is 4.98. The topological polar surface area (TPSA) is 69.0 Å². The van der Waals surface area contributed by atoms with Gasteiger partial charge in [-0.3, -0.25) is 9.69 Å². The number of anilines is 1. The number of carbonyl (C=O) groups excluding carboxylic acids is 1. The van der Waals surface area contributed by atoms with E-state index < -0.39 is 0 Å². The number of rotatable bonds is 2. The van der Waals surface area contributed by atoms with Crippen LogP contribution in [0.25, 0.3) is 0 Å². The summed E-state index contributed by atoms with van der Waals surface area (Å²) in [6, 6.07) is -0.0854. The smallest absolute Gasteiger partial charge is 0.230 e. The minimum absolute atomic E-state index is 0.00155. The molecule has 0 aromatic carbocycles. The maximum atomic E-state index is 12.5. The molecular weight excluding hydrogens is 320 g/mol. The second kappa shape index (κ2) is 6.84. The normalized spacial score (nSPS) is 20.2. The number of carbonyl (C=O) groups is 1. The highest BCUT2D eigenvalue weighted by atomic mass is 35.5. The van der Waals surface area contributed by atoms with Crippen molar-refractivity contribution in [3.63, 3.8) is 0 Å². The summed E-state index contributed by atoms with van der Waals surface area (Å²) in [4.78, 5) is 19.6. The van der Waals surface area contributed by atoms with E-state index in [0.717, 1.165) is 24.1 Å². The highest BCUT2D eigenvalue weighted by molar-refractivity contribution is 7.16. The fourth-order valence-corrected chi connectivity index (χ4v) is 4.08. The van der Waals surface area contributed by atoms with Gasteiger partial charge in [-0.1, -0.05) is 43.7 Å². The van der Waals surface area contributed by atoms with Crippen LogP contribution >= 0.6 is 22.9 Å². The molecule has 22 heavy (non-hydrogen) atoms. The Morgan fingerprint density at radius 3 is 2.77 bits per heavy atom. The Kier molecular flexibility index (Phi) is 5.30. The third-order valence-electron chi connectivity index (χ3n) is 3.66. The van der Waals surface area contributed by atoms with Crippen LogP contribution in [-0.2, 0) is 10.2 Å². The van der Waals surface area contributed by atoms with Crippen molar-refractivity contribution in [2.45, 2.75) is 57.9 Å². The first-order valence-corrected chi connectivity index (χ1v) is 8.64. The maximum absolute atomic E-state index is 12.5. The number of nitriles is 1. The second-order valence-corrected chi connectivity index (χ2v) is 7.90. The van der Waals surface area contributed by atoms with Crippen molar-refractivity contribution >= 4 is 34.0 Å². The van der Waals surface area contributed by atoms with Crippen LogP contribution in [-0.4, -0.2) is 23.5 Å². The highest BCUT2D eigenvalue weighted by Crippen LogP contribution is 2.38. The van der Waals surface area contributed by atoms with Crippen LogP contribution in [0.1, 0.15) is 51.3 Å². The molecular formula is C15H21ClN4OS. The number of thiazole rings is 1. The second-order valence-electron chi connectivity index (χ2n) is 6.56. The summed E-state index contributed by atoms with van der Waals surface area (Å²) in [5, 5.41) is 12.6. The quantitative estimate of drug-likeness (QED) is 0.661. The average Bonchev–Trinajstić information content (AvgIpc) is 2.78. The summed E-state index contributed by atoms with van der Waals surface area (Å²) in [6.45, 7) is 6.90. The van der Waals surface area contributed by atoms with Gasteiger partial charge in [-0.15, -0.1) is 0 Å². The third kappa shape index (κ3) is 3.90. The van der Waals surface area contributed by atoms with Gasteiger partial charge in [0.15, 0.2) is 11.3 Å². The predicted molar refractivity (Wildman–Crippen MR) is 89.2 cm³/mol. The van der Waals surface area contributed by atoms with Crippen molar-refractivity contribution in [3.8, 4) is 6.19 Å². The van der Waals surface area contributed by atoms with Gasteiger partial charge in [0.05, 0.1) is 4.88 Å². The van der Waals surface area contributed by atoms with Crippen molar-refractivity contribution < 1.29 is 4.79 Å². The Hall–Kier alpha value is -1.32. The largest absolute Gasteiger partial charge is 0.320 e. The Morgan fingerprint density at radius 1 is 1.45 bits per heavy atom. The number of amides is 1. The lowest BCUT2D eigenvalue weighted by atomic mass is 9.95. The monoisotopic (exact) mass is 340 g/mol. The molecule has 0 spiro atoms. The molecule has 1 fully saturated rings. The molecule has 0 aliphatic carbocycles. The Bertz CT molecular complexity index is 587. The summed E-state index contributed by atoms with van der Waals surface area (Å²) >= 11 is 7.74. The van der Waals surface area contributed by atoms with E-state index in [2.05, 4.69) is 31.1 Å². The van der Waals surface area contributed by atoms with Gasteiger partial charge in [0.2, 0.25) is 5.91 Å². The third-order valence-corrected chi connectivity index (χ3v) is 5.55. The molecule has 7 heteroatoms. The van der Waals surface area contributed by atoms with Crippen molar-refractivity contribution in [2.24, 2.45) is 0 Å². The molecule has 1 aromatic rings. The average molecular weight is 341 g/mol. The molecule has 1 aromatic heterocycles. The van der Waals surface area contributed by atoms with Gasteiger partial charge < -0.3 is 5.32 Å². The van der Waals surface area contributed by atoms with Gasteiger partial charge in [-0.2, -0.15) is 5.26 Å². The van der Waals surface area contributed by atoms with Crippen LogP contribution in [0.2, 0.25) is 5.15 Å². The first-order chi connectivity index (χ1) is 10.3. The van der Waals surface area contributed by atoms with Gasteiger partial charge in [0.25, 0.3) is 0 Å². The molecule has 2 rings (SSSR count). The SMILES string of the molecule is CC(C)(C)c1sc(N2CCCC[C@@H](NC#N)CC2=O)nc1Cl. The van der Waals surface area contributed by atoms with E-state index in [-0.39, 0.29) is 17.4 Å². The van der Waals surface area contributed by atoms with Gasteiger partial charge >= 0.3 is 0 Å². The fraction of sp³-hybridized carbons (Fsp3) is 0.667. The molecule has 0 saturated carbocycles. The molecule has 1 N–H and O–H groups in total. The standard InChI is InChI=1S/C15H21ClN4OS/c1-15(2,3)12-13(16)19-14(22-12)20-7-5-4-6-10(18-9-17)8-11(20)21/h10,18H,4-8H2,1-3H3/t10-/m1/s1. The lowest BCUT2D eigenvalue weighted by molar-refractivity contribution is -0.119. The van der Waals surface area contributed by atoms with Gasteiger partial charge in [0, 0.05) is 19.0 Å². The summed E-state index contributed by atoms with van der Waals surface area (Å²) < 4.78 is 0. The summed E-state index contributed by atoms with van der Waals surface area (Å²) in [7, 11) is 0. The molecule has 5 nitrogen and oxygen atoms in total. The number of hydrogen-bond donors (Lipinski definition) is 1. The lowest BCUT2D eigenvalue weighted by Gasteiger charge is -2.26. The fourth-order valence-electron chi connectivity index (χ4n) is 2.49. The minimum Gasteiger partial charge on any atom is -0.320 e. The highest BCUT2D eigenvalue weighted by Gasteiger charge is 2.28. The van der Waals surface area contributed by atoms with Crippen LogP contribution in [0, 0.1) is 11.5 Å². The number of hydrogen-bond acceptors (Lipinski definition) is 5. The molecule has 0 radical (unpaired) electrons.